The van der Waals surface area contributed by atoms with Crippen LogP contribution in [0.25, 0.3) is 0 Å². The summed E-state index contributed by atoms with van der Waals surface area (Å²) in [6, 6.07) is 16.0. The summed E-state index contributed by atoms with van der Waals surface area (Å²) in [6.07, 6.45) is 14.5. The first kappa shape index (κ1) is 26.8. The van der Waals surface area contributed by atoms with Crippen molar-refractivity contribution in [2.45, 2.75) is 69.1 Å². The van der Waals surface area contributed by atoms with Gasteiger partial charge in [0.2, 0.25) is 0 Å². The molecular formula is C26H38BrIN2S. The van der Waals surface area contributed by atoms with E-state index in [2.05, 4.69) is 50.7 Å². The van der Waals surface area contributed by atoms with Crippen molar-refractivity contribution in [2.75, 3.05) is 22.6 Å². The van der Waals surface area contributed by atoms with Gasteiger partial charge in [0.15, 0.2) is 0 Å². The molecule has 172 valence electrons. The number of anilines is 2. The molecule has 0 spiro atoms. The zero-order valence-corrected chi connectivity index (χ0v) is 23.1. The van der Waals surface area contributed by atoms with Crippen molar-refractivity contribution >= 4 is 61.7 Å². The lowest BCUT2D eigenvalue weighted by atomic mass is 9.91. The van der Waals surface area contributed by atoms with Gasteiger partial charge in [-0.1, -0.05) is 54.5 Å². The number of rotatable bonds is 4. The van der Waals surface area contributed by atoms with Crippen molar-refractivity contribution in [3.8, 4) is 0 Å². The Morgan fingerprint density at radius 3 is 1.58 bits per heavy atom. The van der Waals surface area contributed by atoms with Crippen LogP contribution in [0.15, 0.2) is 53.4 Å². The first-order valence-electron chi connectivity index (χ1n) is 11.6. The van der Waals surface area contributed by atoms with Gasteiger partial charge in [-0.25, -0.2) is 0 Å². The van der Waals surface area contributed by atoms with E-state index in [0.717, 1.165) is 23.2 Å². The Morgan fingerprint density at radius 1 is 0.710 bits per heavy atom. The molecule has 0 unspecified atom stereocenters. The standard InChI is InChI=1S/C13H19NS.C7H13Br.C6H6IN/c14-12-6-8-13(9-7-12)15-10-11-4-2-1-3-5-11;8-6-7-4-2-1-3-5-7;7-5-1-3-6(8)4-2-5/h6-9,11H,1-5,10,14H2;7H,1-6H2;1-4H,8H2. The second-order valence-corrected chi connectivity index (χ2v) is 11.6. The van der Waals surface area contributed by atoms with Gasteiger partial charge in [-0.05, 0) is 109 Å². The van der Waals surface area contributed by atoms with Crippen LogP contribution in [0, 0.1) is 15.4 Å². The quantitative estimate of drug-likeness (QED) is 0.156. The van der Waals surface area contributed by atoms with E-state index in [-0.39, 0.29) is 0 Å². The fourth-order valence-corrected chi connectivity index (χ4v) is 6.03. The lowest BCUT2D eigenvalue weighted by Crippen LogP contribution is -2.08. The van der Waals surface area contributed by atoms with E-state index in [1.165, 1.54) is 83.8 Å². The van der Waals surface area contributed by atoms with Crippen molar-refractivity contribution in [1.29, 1.82) is 0 Å². The Kier molecular flexibility index (Phi) is 14.1. The number of thioether (sulfide) groups is 1. The van der Waals surface area contributed by atoms with Gasteiger partial charge < -0.3 is 11.5 Å². The molecule has 2 aromatic rings. The highest BCUT2D eigenvalue weighted by molar-refractivity contribution is 14.1. The molecule has 0 bridgehead atoms. The summed E-state index contributed by atoms with van der Waals surface area (Å²) >= 11 is 7.73. The van der Waals surface area contributed by atoms with Gasteiger partial charge in [0, 0.05) is 30.9 Å². The van der Waals surface area contributed by atoms with Crippen LogP contribution in [-0.2, 0) is 0 Å². The molecule has 0 heterocycles. The third-order valence-electron chi connectivity index (χ3n) is 5.90. The van der Waals surface area contributed by atoms with E-state index in [9.17, 15) is 0 Å². The number of nitrogens with two attached hydrogens (primary N) is 2. The van der Waals surface area contributed by atoms with Gasteiger partial charge in [0.05, 0.1) is 0 Å². The van der Waals surface area contributed by atoms with Gasteiger partial charge in [-0.15, -0.1) is 11.8 Å². The molecule has 0 saturated heterocycles. The van der Waals surface area contributed by atoms with Crippen LogP contribution >= 0.6 is 50.3 Å². The molecule has 0 aliphatic heterocycles. The van der Waals surface area contributed by atoms with E-state index >= 15 is 0 Å². The second-order valence-electron chi connectivity index (χ2n) is 8.59. The molecule has 2 aliphatic carbocycles. The van der Waals surface area contributed by atoms with Crippen LogP contribution in [0.3, 0.4) is 0 Å². The minimum atomic E-state index is 0.824. The maximum Gasteiger partial charge on any atom is 0.0314 e. The van der Waals surface area contributed by atoms with Crippen LogP contribution in [0.1, 0.15) is 64.2 Å². The molecule has 4 rings (SSSR count). The zero-order valence-electron chi connectivity index (χ0n) is 18.6. The molecular weight excluding hydrogens is 579 g/mol. The molecule has 0 atom stereocenters. The predicted molar refractivity (Wildman–Crippen MR) is 152 cm³/mol. The van der Waals surface area contributed by atoms with Crippen LogP contribution in [0.5, 0.6) is 0 Å². The summed E-state index contributed by atoms with van der Waals surface area (Å²) in [7, 11) is 0. The summed E-state index contributed by atoms with van der Waals surface area (Å²) in [5.74, 6) is 3.23. The van der Waals surface area contributed by atoms with Crippen molar-refractivity contribution in [3.63, 3.8) is 0 Å². The lowest BCUT2D eigenvalue weighted by Gasteiger charge is -2.20. The number of hydrogen-bond donors (Lipinski definition) is 2. The molecule has 2 aliphatic rings. The van der Waals surface area contributed by atoms with Crippen molar-refractivity contribution in [1.82, 2.24) is 0 Å². The molecule has 2 fully saturated rings. The van der Waals surface area contributed by atoms with E-state index in [1.807, 2.05) is 48.2 Å². The second kappa shape index (κ2) is 16.2. The average Bonchev–Trinajstić information content (AvgIpc) is 2.83. The topological polar surface area (TPSA) is 52.0 Å². The van der Waals surface area contributed by atoms with Crippen molar-refractivity contribution in [2.24, 2.45) is 11.8 Å². The highest BCUT2D eigenvalue weighted by Gasteiger charge is 2.13. The molecule has 4 N–H and O–H groups in total. The third-order valence-corrected chi connectivity index (χ3v) is 8.78. The van der Waals surface area contributed by atoms with Gasteiger partial charge in [0.1, 0.15) is 0 Å². The fraction of sp³-hybridized carbons (Fsp3) is 0.538. The van der Waals surface area contributed by atoms with E-state index in [0.29, 0.717) is 0 Å². The minimum Gasteiger partial charge on any atom is -0.399 e. The number of benzene rings is 2. The fourth-order valence-electron chi connectivity index (χ4n) is 3.94. The van der Waals surface area contributed by atoms with Crippen LogP contribution in [-0.4, -0.2) is 11.1 Å². The Labute approximate surface area is 216 Å². The Bertz CT molecular complexity index is 675. The van der Waals surface area contributed by atoms with E-state index in [1.54, 1.807) is 0 Å². The van der Waals surface area contributed by atoms with Crippen molar-refractivity contribution in [3.05, 3.63) is 52.1 Å². The molecule has 0 aromatic heterocycles. The first-order chi connectivity index (χ1) is 15.1. The molecule has 2 nitrogen and oxygen atoms in total. The molecule has 2 saturated carbocycles. The average molecular weight is 617 g/mol. The highest BCUT2D eigenvalue weighted by Crippen LogP contribution is 2.30. The van der Waals surface area contributed by atoms with Gasteiger partial charge in [-0.2, -0.15) is 0 Å². The zero-order chi connectivity index (χ0) is 22.3. The number of nitrogen functional groups attached to an aromatic ring is 2. The van der Waals surface area contributed by atoms with Gasteiger partial charge in [0.25, 0.3) is 0 Å². The summed E-state index contributed by atoms with van der Waals surface area (Å²) in [5, 5.41) is 1.23. The SMILES string of the molecule is BrCC1CCCCC1.Nc1ccc(I)cc1.Nc1ccc(SCC2CCCCC2)cc1. The molecule has 5 heteroatoms. The molecule has 31 heavy (non-hydrogen) atoms. The minimum absolute atomic E-state index is 0.824. The highest BCUT2D eigenvalue weighted by atomic mass is 127. The number of alkyl halides is 1. The summed E-state index contributed by atoms with van der Waals surface area (Å²) in [6.45, 7) is 0. The normalized spacial score (nSPS) is 17.1. The Morgan fingerprint density at radius 2 is 1.16 bits per heavy atom. The molecule has 0 radical (unpaired) electrons. The van der Waals surface area contributed by atoms with Crippen LogP contribution < -0.4 is 11.5 Å². The maximum absolute atomic E-state index is 5.66. The van der Waals surface area contributed by atoms with Gasteiger partial charge >= 0.3 is 0 Å². The Balaban J connectivity index is 0.000000181. The smallest absolute Gasteiger partial charge is 0.0314 e. The molecule has 2 aromatic carbocycles. The summed E-state index contributed by atoms with van der Waals surface area (Å²) in [5.41, 5.74) is 12.8. The van der Waals surface area contributed by atoms with E-state index in [4.69, 9.17) is 11.5 Å². The van der Waals surface area contributed by atoms with Gasteiger partial charge in [-0.3, -0.25) is 0 Å². The van der Waals surface area contributed by atoms with Crippen molar-refractivity contribution < 1.29 is 0 Å². The first-order valence-corrected chi connectivity index (χ1v) is 14.8. The monoisotopic (exact) mass is 616 g/mol. The Hall–Kier alpha value is -0.400. The lowest BCUT2D eigenvalue weighted by molar-refractivity contribution is 0.391. The van der Waals surface area contributed by atoms with E-state index < -0.39 is 0 Å². The third kappa shape index (κ3) is 12.4. The number of halogens is 2. The maximum atomic E-state index is 5.66. The molecule has 0 amide bonds. The van der Waals surface area contributed by atoms with Crippen LogP contribution in [0.2, 0.25) is 0 Å². The largest absolute Gasteiger partial charge is 0.399 e. The summed E-state index contributed by atoms with van der Waals surface area (Å²) < 4.78 is 1.22. The number of hydrogen-bond acceptors (Lipinski definition) is 3. The predicted octanol–water partition coefficient (Wildman–Crippen LogP) is 8.78. The van der Waals surface area contributed by atoms with Crippen LogP contribution in [0.4, 0.5) is 11.4 Å². The summed E-state index contributed by atoms with van der Waals surface area (Å²) in [4.78, 5) is 1.36.